The van der Waals surface area contributed by atoms with Crippen molar-refractivity contribution in [3.63, 3.8) is 0 Å². The molecule has 3 aromatic rings. The Morgan fingerprint density at radius 1 is 0.789 bits per heavy atom. The molecular formula is C15H13N3S. The van der Waals surface area contributed by atoms with E-state index in [1.165, 1.54) is 0 Å². The molecule has 0 saturated heterocycles. The van der Waals surface area contributed by atoms with Gasteiger partial charge in [0, 0.05) is 10.9 Å². The van der Waals surface area contributed by atoms with Crippen LogP contribution >= 0.6 is 11.3 Å². The lowest BCUT2D eigenvalue weighted by atomic mass is 10.2. The van der Waals surface area contributed by atoms with Gasteiger partial charge < -0.3 is 0 Å². The molecule has 0 aliphatic carbocycles. The number of para-hydroxylation sites is 1. The van der Waals surface area contributed by atoms with Crippen molar-refractivity contribution in [2.45, 2.75) is 0 Å². The quantitative estimate of drug-likeness (QED) is 0.694. The summed E-state index contributed by atoms with van der Waals surface area (Å²) in [7, 11) is 0. The highest BCUT2D eigenvalue weighted by Gasteiger charge is 2.03. The fourth-order valence-electron chi connectivity index (χ4n) is 1.72. The molecule has 19 heavy (non-hydrogen) atoms. The molecule has 0 radical (unpaired) electrons. The van der Waals surface area contributed by atoms with Gasteiger partial charge in [-0.2, -0.15) is 0 Å². The number of hydrogen-bond donors (Lipinski definition) is 2. The molecule has 4 heteroatoms. The average molecular weight is 267 g/mol. The maximum absolute atomic E-state index is 4.54. The Kier molecular flexibility index (Phi) is 3.42. The first-order valence-corrected chi connectivity index (χ1v) is 6.88. The molecule has 1 aromatic heterocycles. The molecule has 3 nitrogen and oxygen atoms in total. The van der Waals surface area contributed by atoms with Crippen LogP contribution in [-0.2, 0) is 0 Å². The zero-order valence-corrected chi connectivity index (χ0v) is 11.0. The number of hydrazine groups is 1. The molecule has 0 spiro atoms. The highest BCUT2D eigenvalue weighted by molar-refractivity contribution is 7.14. The van der Waals surface area contributed by atoms with Crippen molar-refractivity contribution >= 4 is 22.2 Å². The Balaban J connectivity index is 1.69. The number of benzene rings is 2. The minimum Gasteiger partial charge on any atom is -0.299 e. The topological polar surface area (TPSA) is 37.0 Å². The van der Waals surface area contributed by atoms with E-state index in [9.17, 15) is 0 Å². The zero-order valence-electron chi connectivity index (χ0n) is 10.2. The van der Waals surface area contributed by atoms with Crippen LogP contribution in [0.1, 0.15) is 0 Å². The van der Waals surface area contributed by atoms with E-state index < -0.39 is 0 Å². The lowest BCUT2D eigenvalue weighted by molar-refractivity contribution is 1.33. The number of nitrogens with one attached hydrogen (secondary N) is 2. The molecule has 1 heterocycles. The fourth-order valence-corrected chi connectivity index (χ4v) is 2.39. The van der Waals surface area contributed by atoms with Crippen LogP contribution in [0.15, 0.2) is 66.0 Å². The number of nitrogens with zero attached hydrogens (tertiary/aromatic N) is 1. The Hall–Kier alpha value is -2.33. The Morgan fingerprint density at radius 3 is 2.21 bits per heavy atom. The van der Waals surface area contributed by atoms with E-state index in [2.05, 4.69) is 28.0 Å². The molecule has 0 saturated carbocycles. The zero-order chi connectivity index (χ0) is 12.9. The van der Waals surface area contributed by atoms with E-state index in [-0.39, 0.29) is 0 Å². The normalized spacial score (nSPS) is 10.1. The van der Waals surface area contributed by atoms with Gasteiger partial charge in [-0.05, 0) is 12.1 Å². The highest BCUT2D eigenvalue weighted by Crippen LogP contribution is 2.24. The van der Waals surface area contributed by atoms with Gasteiger partial charge in [0.25, 0.3) is 0 Å². The summed E-state index contributed by atoms with van der Waals surface area (Å²) < 4.78 is 0. The van der Waals surface area contributed by atoms with E-state index in [4.69, 9.17) is 0 Å². The van der Waals surface area contributed by atoms with Gasteiger partial charge in [-0.3, -0.25) is 10.9 Å². The van der Waals surface area contributed by atoms with Crippen molar-refractivity contribution in [2.24, 2.45) is 0 Å². The smallest absolute Gasteiger partial charge is 0.202 e. The Morgan fingerprint density at radius 2 is 1.47 bits per heavy atom. The average Bonchev–Trinajstić information content (AvgIpc) is 2.96. The number of rotatable bonds is 4. The van der Waals surface area contributed by atoms with Crippen molar-refractivity contribution in [1.82, 2.24) is 4.98 Å². The largest absolute Gasteiger partial charge is 0.299 e. The van der Waals surface area contributed by atoms with Gasteiger partial charge in [0.15, 0.2) is 0 Å². The molecule has 2 N–H and O–H groups in total. The molecule has 0 atom stereocenters. The van der Waals surface area contributed by atoms with E-state index in [1.807, 2.05) is 53.9 Å². The molecule has 0 aliphatic heterocycles. The SMILES string of the molecule is c1ccc(NNc2nc(-c3ccccc3)cs2)cc1. The van der Waals surface area contributed by atoms with Gasteiger partial charge in [0.2, 0.25) is 5.13 Å². The summed E-state index contributed by atoms with van der Waals surface area (Å²) in [6, 6.07) is 20.1. The van der Waals surface area contributed by atoms with Crippen molar-refractivity contribution in [1.29, 1.82) is 0 Å². The minimum atomic E-state index is 0.850. The maximum Gasteiger partial charge on any atom is 0.202 e. The monoisotopic (exact) mass is 267 g/mol. The number of aromatic nitrogens is 1. The van der Waals surface area contributed by atoms with Gasteiger partial charge in [-0.15, -0.1) is 11.3 Å². The van der Waals surface area contributed by atoms with E-state index in [0.29, 0.717) is 0 Å². The third kappa shape index (κ3) is 2.92. The van der Waals surface area contributed by atoms with E-state index in [1.54, 1.807) is 11.3 Å². The van der Waals surface area contributed by atoms with Crippen molar-refractivity contribution in [3.8, 4) is 11.3 Å². The lowest BCUT2D eigenvalue weighted by Gasteiger charge is -2.05. The second kappa shape index (κ2) is 5.54. The van der Waals surface area contributed by atoms with Crippen LogP contribution in [0.3, 0.4) is 0 Å². The summed E-state index contributed by atoms with van der Waals surface area (Å²) in [4.78, 5) is 4.54. The first-order valence-electron chi connectivity index (χ1n) is 6.00. The summed E-state index contributed by atoms with van der Waals surface area (Å²) >= 11 is 1.58. The predicted molar refractivity (Wildman–Crippen MR) is 81.2 cm³/mol. The molecular weight excluding hydrogens is 254 g/mol. The summed E-state index contributed by atoms with van der Waals surface area (Å²) in [5.74, 6) is 0. The summed E-state index contributed by atoms with van der Waals surface area (Å²) in [6.07, 6.45) is 0. The summed E-state index contributed by atoms with van der Waals surface area (Å²) in [6.45, 7) is 0. The summed E-state index contributed by atoms with van der Waals surface area (Å²) in [5.41, 5.74) is 9.36. The van der Waals surface area contributed by atoms with Crippen LogP contribution < -0.4 is 10.9 Å². The Labute approximate surface area is 115 Å². The number of hydrogen-bond acceptors (Lipinski definition) is 4. The highest BCUT2D eigenvalue weighted by atomic mass is 32.1. The lowest BCUT2D eigenvalue weighted by Crippen LogP contribution is -2.07. The van der Waals surface area contributed by atoms with Crippen molar-refractivity contribution in [3.05, 3.63) is 66.0 Å². The number of thiazole rings is 1. The first kappa shape index (κ1) is 11.7. The second-order valence-electron chi connectivity index (χ2n) is 4.02. The standard InChI is InChI=1S/C15H13N3S/c1-3-7-12(8-4-1)14-11-19-15(16-14)18-17-13-9-5-2-6-10-13/h1-11,17H,(H,16,18). The van der Waals surface area contributed by atoms with Crippen LogP contribution in [0.4, 0.5) is 10.8 Å². The van der Waals surface area contributed by atoms with Gasteiger partial charge >= 0.3 is 0 Å². The molecule has 2 aromatic carbocycles. The molecule has 0 fully saturated rings. The molecule has 3 rings (SSSR count). The van der Waals surface area contributed by atoms with Crippen LogP contribution in [0.2, 0.25) is 0 Å². The first-order chi connectivity index (χ1) is 9.42. The van der Waals surface area contributed by atoms with Gasteiger partial charge in [0.05, 0.1) is 11.4 Å². The Bertz CT molecular complexity index is 635. The van der Waals surface area contributed by atoms with Crippen molar-refractivity contribution < 1.29 is 0 Å². The minimum absolute atomic E-state index is 0.850. The van der Waals surface area contributed by atoms with Crippen LogP contribution in [0.5, 0.6) is 0 Å². The molecule has 0 bridgehead atoms. The molecule has 0 aliphatic rings. The molecule has 0 amide bonds. The van der Waals surface area contributed by atoms with Gasteiger partial charge in [-0.25, -0.2) is 4.98 Å². The predicted octanol–water partition coefficient (Wildman–Crippen LogP) is 4.25. The summed E-state index contributed by atoms with van der Waals surface area (Å²) in [5, 5.41) is 2.90. The van der Waals surface area contributed by atoms with Crippen LogP contribution in [-0.4, -0.2) is 4.98 Å². The van der Waals surface area contributed by atoms with Gasteiger partial charge in [-0.1, -0.05) is 48.5 Å². The third-order valence-corrected chi connectivity index (χ3v) is 3.42. The number of anilines is 2. The second-order valence-corrected chi connectivity index (χ2v) is 4.88. The molecule has 0 unspecified atom stereocenters. The van der Waals surface area contributed by atoms with Crippen molar-refractivity contribution in [2.75, 3.05) is 10.9 Å². The fraction of sp³-hybridized carbons (Fsp3) is 0. The van der Waals surface area contributed by atoms with E-state index in [0.717, 1.165) is 22.1 Å². The van der Waals surface area contributed by atoms with Crippen LogP contribution in [0, 0.1) is 0 Å². The third-order valence-electron chi connectivity index (χ3n) is 2.66. The van der Waals surface area contributed by atoms with Crippen LogP contribution in [0.25, 0.3) is 11.3 Å². The molecule has 94 valence electrons. The van der Waals surface area contributed by atoms with E-state index >= 15 is 0 Å². The van der Waals surface area contributed by atoms with Gasteiger partial charge in [0.1, 0.15) is 0 Å². The maximum atomic E-state index is 4.54.